The number of benzene rings is 3. The maximum atomic E-state index is 13.9. The fraction of sp³-hybridized carbons (Fsp3) is 0.185. The van der Waals surface area contributed by atoms with Crippen LogP contribution < -0.4 is 31.0 Å². The molecule has 0 spiro atoms. The highest BCUT2D eigenvalue weighted by Crippen LogP contribution is 2.41. The Labute approximate surface area is 209 Å². The molecule has 0 saturated heterocycles. The van der Waals surface area contributed by atoms with Crippen molar-refractivity contribution in [1.82, 2.24) is 5.32 Å². The molecule has 0 heterocycles. The molecule has 7 nitrogen and oxygen atoms in total. The molecule has 0 saturated carbocycles. The van der Waals surface area contributed by atoms with Gasteiger partial charge in [0, 0.05) is 6.04 Å². The Morgan fingerprint density at radius 2 is 1.49 bits per heavy atom. The van der Waals surface area contributed by atoms with Crippen molar-refractivity contribution in [3.8, 4) is 17.2 Å². The van der Waals surface area contributed by atoms with E-state index < -0.39 is 46.1 Å². The molecule has 0 radical (unpaired) electrons. The summed E-state index contributed by atoms with van der Waals surface area (Å²) < 4.78 is 52.0. The maximum Gasteiger partial charge on any atom is 0.271 e. The van der Waals surface area contributed by atoms with E-state index in [1.165, 1.54) is 32.4 Å². The molecule has 2 atom stereocenters. The monoisotopic (exact) mass is 512 g/mol. The first-order chi connectivity index (χ1) is 17.6. The van der Waals surface area contributed by atoms with E-state index in [1.807, 2.05) is 0 Å². The zero-order chi connectivity index (χ0) is 26.9. The average molecular weight is 512 g/mol. The van der Waals surface area contributed by atoms with Crippen LogP contribution in [0, 0.1) is 17.5 Å². The fourth-order valence-electron chi connectivity index (χ4n) is 4.04. The highest BCUT2D eigenvalue weighted by atomic mass is 19.2. The van der Waals surface area contributed by atoms with Crippen LogP contribution in [0.2, 0.25) is 0 Å². The zero-order valence-electron chi connectivity index (χ0n) is 20.1. The van der Waals surface area contributed by atoms with Crippen molar-refractivity contribution < 1.29 is 27.8 Å². The van der Waals surface area contributed by atoms with Gasteiger partial charge in [-0.2, -0.15) is 0 Å². The van der Waals surface area contributed by atoms with Crippen LogP contribution in [0.4, 0.5) is 24.5 Å². The Kier molecular flexibility index (Phi) is 7.21. The molecule has 4 aromatic rings. The first-order valence-electron chi connectivity index (χ1n) is 11.2. The van der Waals surface area contributed by atoms with E-state index in [0.717, 1.165) is 12.1 Å². The smallest absolute Gasteiger partial charge is 0.271 e. The number of halogens is 3. The van der Waals surface area contributed by atoms with E-state index in [9.17, 15) is 27.9 Å². The standard InChI is InChI=1S/C27H23F3N2O5/c1-13(15-6-9-18(29)19(30)10-15)31-22(14-4-7-17(28)8-5-14)16-11-20(27(37-3)21(12-16)36-2)32-23-24(33)26(35)25(23)34/h4-13,22,31-33H,1-3H3. The van der Waals surface area contributed by atoms with Crippen molar-refractivity contribution in [3.63, 3.8) is 0 Å². The number of hydrogen-bond donors (Lipinski definition) is 3. The Bertz CT molecular complexity index is 1510. The molecule has 10 heteroatoms. The molecule has 37 heavy (non-hydrogen) atoms. The fourth-order valence-corrected chi connectivity index (χ4v) is 4.04. The predicted octanol–water partition coefficient (Wildman–Crippen LogP) is 4.61. The normalized spacial score (nSPS) is 12.8. The maximum absolute atomic E-state index is 13.9. The highest BCUT2D eigenvalue weighted by molar-refractivity contribution is 5.76. The van der Waals surface area contributed by atoms with E-state index in [0.29, 0.717) is 16.7 Å². The summed E-state index contributed by atoms with van der Waals surface area (Å²) in [6.45, 7) is 1.75. The van der Waals surface area contributed by atoms with Crippen molar-refractivity contribution in [3.05, 3.63) is 109 Å². The quantitative estimate of drug-likeness (QED) is 0.282. The summed E-state index contributed by atoms with van der Waals surface area (Å²) in [5.41, 5.74) is -0.304. The predicted molar refractivity (Wildman–Crippen MR) is 132 cm³/mol. The molecule has 4 rings (SSSR count). The Morgan fingerprint density at radius 3 is 2.08 bits per heavy atom. The van der Waals surface area contributed by atoms with Gasteiger partial charge in [-0.05, 0) is 60.0 Å². The summed E-state index contributed by atoms with van der Waals surface area (Å²) in [6, 6.07) is 11.4. The molecule has 3 N–H and O–H groups in total. The number of rotatable bonds is 9. The van der Waals surface area contributed by atoms with E-state index in [2.05, 4.69) is 10.6 Å². The van der Waals surface area contributed by atoms with Crippen LogP contribution >= 0.6 is 0 Å². The number of hydrogen-bond acceptors (Lipinski definition) is 7. The Morgan fingerprint density at radius 1 is 0.811 bits per heavy atom. The second-order valence-electron chi connectivity index (χ2n) is 8.36. The molecule has 4 aromatic carbocycles. The van der Waals surface area contributed by atoms with Gasteiger partial charge >= 0.3 is 0 Å². The lowest BCUT2D eigenvalue weighted by molar-refractivity contribution is 0.355. The lowest BCUT2D eigenvalue weighted by Crippen LogP contribution is -2.32. The molecule has 0 aliphatic rings. The zero-order valence-corrected chi connectivity index (χ0v) is 20.1. The van der Waals surface area contributed by atoms with E-state index in [1.54, 1.807) is 31.2 Å². The molecule has 0 aliphatic carbocycles. The van der Waals surface area contributed by atoms with Gasteiger partial charge in [0.05, 0.1) is 25.9 Å². The van der Waals surface area contributed by atoms with E-state index in [-0.39, 0.29) is 22.9 Å². The third kappa shape index (κ3) is 5.01. The SMILES string of the molecule is COc1cc(C(NC(C)c2ccc(F)c(F)c2)c2ccc(F)cc2)cc(Nc2c(O)c(=O)c2=O)c1OC. The van der Waals surface area contributed by atoms with Crippen molar-refractivity contribution in [1.29, 1.82) is 0 Å². The van der Waals surface area contributed by atoms with Gasteiger partial charge in [0.15, 0.2) is 28.9 Å². The molecule has 0 aromatic heterocycles. The van der Waals surface area contributed by atoms with Crippen molar-refractivity contribution in [2.24, 2.45) is 0 Å². The summed E-state index contributed by atoms with van der Waals surface area (Å²) in [4.78, 5) is 23.4. The van der Waals surface area contributed by atoms with Gasteiger partial charge < -0.3 is 19.9 Å². The summed E-state index contributed by atoms with van der Waals surface area (Å²) in [6.07, 6.45) is 0. The van der Waals surface area contributed by atoms with E-state index >= 15 is 0 Å². The molecule has 0 fully saturated rings. The topological polar surface area (TPSA) is 96.9 Å². The highest BCUT2D eigenvalue weighted by Gasteiger charge is 2.26. The summed E-state index contributed by atoms with van der Waals surface area (Å²) in [5, 5.41) is 15.9. The van der Waals surface area contributed by atoms with E-state index in [4.69, 9.17) is 9.47 Å². The first kappa shape index (κ1) is 25.8. The van der Waals surface area contributed by atoms with Gasteiger partial charge in [-0.1, -0.05) is 18.2 Å². The van der Waals surface area contributed by atoms with Crippen LogP contribution in [0.15, 0.2) is 64.2 Å². The third-order valence-electron chi connectivity index (χ3n) is 6.04. The lowest BCUT2D eigenvalue weighted by Gasteiger charge is -2.26. The third-order valence-corrected chi connectivity index (χ3v) is 6.04. The second-order valence-corrected chi connectivity index (χ2v) is 8.36. The van der Waals surface area contributed by atoms with Crippen molar-refractivity contribution in [2.75, 3.05) is 19.5 Å². The minimum atomic E-state index is -1.00. The summed E-state index contributed by atoms with van der Waals surface area (Å²) >= 11 is 0. The van der Waals surface area contributed by atoms with Gasteiger partial charge in [0.2, 0.25) is 0 Å². The minimum absolute atomic E-state index is 0.199. The molecule has 0 amide bonds. The molecule has 0 aliphatic heterocycles. The van der Waals surface area contributed by atoms with Crippen molar-refractivity contribution >= 4 is 11.4 Å². The molecule has 192 valence electrons. The first-order valence-corrected chi connectivity index (χ1v) is 11.2. The van der Waals surface area contributed by atoms with Gasteiger partial charge in [0.25, 0.3) is 10.9 Å². The molecule has 2 unspecified atom stereocenters. The molecular weight excluding hydrogens is 489 g/mol. The Hall–Kier alpha value is -4.31. The summed E-state index contributed by atoms with van der Waals surface area (Å²) in [5.74, 6) is -2.64. The molecular formula is C27H23F3N2O5. The van der Waals surface area contributed by atoms with Crippen LogP contribution in [0.1, 0.15) is 35.7 Å². The minimum Gasteiger partial charge on any atom is -0.502 e. The molecule has 0 bridgehead atoms. The lowest BCUT2D eigenvalue weighted by atomic mass is 9.95. The second kappa shape index (κ2) is 10.4. The number of methoxy groups -OCH3 is 2. The average Bonchev–Trinajstić information content (AvgIpc) is 2.91. The van der Waals surface area contributed by atoms with Gasteiger partial charge in [-0.3, -0.25) is 14.9 Å². The number of nitrogens with one attached hydrogen (secondary N) is 2. The van der Waals surface area contributed by atoms with Crippen LogP contribution in [0.5, 0.6) is 17.2 Å². The number of ether oxygens (including phenoxy) is 2. The van der Waals surface area contributed by atoms with Crippen LogP contribution in [-0.2, 0) is 0 Å². The van der Waals surface area contributed by atoms with Gasteiger partial charge in [0.1, 0.15) is 11.5 Å². The van der Waals surface area contributed by atoms with Crippen molar-refractivity contribution in [2.45, 2.75) is 19.0 Å². The van der Waals surface area contributed by atoms with Gasteiger partial charge in [-0.25, -0.2) is 13.2 Å². The number of anilines is 2. The van der Waals surface area contributed by atoms with Crippen LogP contribution in [0.3, 0.4) is 0 Å². The summed E-state index contributed by atoms with van der Waals surface area (Å²) in [7, 11) is 2.79. The van der Waals surface area contributed by atoms with Gasteiger partial charge in [-0.15, -0.1) is 0 Å². The van der Waals surface area contributed by atoms with Crippen LogP contribution in [-0.4, -0.2) is 19.3 Å². The largest absolute Gasteiger partial charge is 0.502 e. The number of aromatic hydroxyl groups is 1. The van der Waals surface area contributed by atoms with Crippen LogP contribution in [0.25, 0.3) is 0 Å². The Balaban J connectivity index is 1.81.